The van der Waals surface area contributed by atoms with Gasteiger partial charge in [0.1, 0.15) is 6.04 Å². The van der Waals surface area contributed by atoms with Gasteiger partial charge in [0.15, 0.2) is 5.17 Å². The molecule has 154 valence electrons. The molecule has 0 bridgehead atoms. The van der Waals surface area contributed by atoms with Gasteiger partial charge in [0.2, 0.25) is 0 Å². The number of aryl methyl sites for hydroxylation is 2. The highest BCUT2D eigenvalue weighted by molar-refractivity contribution is 8.14. The number of benzene rings is 1. The zero-order valence-electron chi connectivity index (χ0n) is 18.0. The summed E-state index contributed by atoms with van der Waals surface area (Å²) in [6.07, 6.45) is 2.91. The first-order valence-electron chi connectivity index (χ1n) is 10.8. The van der Waals surface area contributed by atoms with E-state index in [0.29, 0.717) is 5.25 Å². The van der Waals surface area contributed by atoms with Crippen LogP contribution in [0.15, 0.2) is 59.7 Å². The van der Waals surface area contributed by atoms with Crippen LogP contribution in [0.4, 0.5) is 0 Å². The van der Waals surface area contributed by atoms with Gasteiger partial charge in [-0.25, -0.2) is 0 Å². The summed E-state index contributed by atoms with van der Waals surface area (Å²) in [6.45, 7) is 10.0. The van der Waals surface area contributed by atoms with Crippen molar-refractivity contribution in [3.63, 3.8) is 0 Å². The van der Waals surface area contributed by atoms with Gasteiger partial charge in [-0.1, -0.05) is 49.9 Å². The molecular formula is C25H28N4S. The molecule has 2 aliphatic rings. The highest BCUT2D eigenvalue weighted by atomic mass is 32.2. The van der Waals surface area contributed by atoms with Gasteiger partial charge in [0.05, 0.1) is 11.7 Å². The Morgan fingerprint density at radius 1 is 1.10 bits per heavy atom. The number of pyridine rings is 1. The molecule has 0 spiro atoms. The lowest BCUT2D eigenvalue weighted by molar-refractivity contribution is 0.320. The maximum atomic E-state index is 5.15. The molecule has 2 aromatic heterocycles. The predicted octanol–water partition coefficient (Wildman–Crippen LogP) is 5.64. The number of amidine groups is 1. The van der Waals surface area contributed by atoms with Crippen molar-refractivity contribution in [2.75, 3.05) is 6.54 Å². The summed E-state index contributed by atoms with van der Waals surface area (Å²) in [5.74, 6) is 0. The maximum Gasteiger partial charge on any atom is 0.160 e. The quantitative estimate of drug-likeness (QED) is 0.552. The smallest absolute Gasteiger partial charge is 0.160 e. The Labute approximate surface area is 183 Å². The van der Waals surface area contributed by atoms with E-state index in [1.807, 2.05) is 24.0 Å². The molecule has 1 saturated heterocycles. The van der Waals surface area contributed by atoms with Crippen molar-refractivity contribution in [1.82, 2.24) is 14.5 Å². The van der Waals surface area contributed by atoms with Gasteiger partial charge < -0.3 is 9.47 Å². The van der Waals surface area contributed by atoms with Crippen molar-refractivity contribution < 1.29 is 0 Å². The first-order valence-corrected chi connectivity index (χ1v) is 11.7. The van der Waals surface area contributed by atoms with Gasteiger partial charge in [0, 0.05) is 35.1 Å². The number of thioether (sulfide) groups is 1. The first kappa shape index (κ1) is 19.4. The fourth-order valence-corrected chi connectivity index (χ4v) is 6.03. The number of nitrogens with zero attached hydrogens (tertiary/aromatic N) is 4. The monoisotopic (exact) mass is 416 g/mol. The molecule has 4 nitrogen and oxygen atoms in total. The topological polar surface area (TPSA) is 33.4 Å². The molecule has 0 aliphatic carbocycles. The summed E-state index contributed by atoms with van der Waals surface area (Å²) in [5.41, 5.74) is 7.66. The number of para-hydroxylation sites is 1. The molecule has 5 heteroatoms. The number of aromatic nitrogens is 2. The molecule has 0 radical (unpaired) electrons. The Balaban J connectivity index is 1.64. The predicted molar refractivity (Wildman–Crippen MR) is 126 cm³/mol. The lowest BCUT2D eigenvalue weighted by Gasteiger charge is -2.27. The molecule has 4 heterocycles. The Morgan fingerprint density at radius 3 is 2.67 bits per heavy atom. The fraction of sp³-hybridized carbons (Fsp3) is 0.360. The fourth-order valence-electron chi connectivity index (χ4n) is 4.94. The zero-order valence-corrected chi connectivity index (χ0v) is 18.9. The van der Waals surface area contributed by atoms with Crippen LogP contribution in [0.3, 0.4) is 0 Å². The lowest BCUT2D eigenvalue weighted by Crippen LogP contribution is -2.29. The number of rotatable bonds is 4. The summed E-state index contributed by atoms with van der Waals surface area (Å²) < 4.78 is 2.42. The third-order valence-corrected chi connectivity index (χ3v) is 7.39. The molecule has 2 aliphatic heterocycles. The van der Waals surface area contributed by atoms with Crippen LogP contribution in [0.2, 0.25) is 0 Å². The molecule has 0 amide bonds. The normalized spacial score (nSPS) is 23.0. The molecule has 5 rings (SSSR count). The van der Waals surface area contributed by atoms with Crippen LogP contribution in [0.1, 0.15) is 54.1 Å². The third-order valence-electron chi connectivity index (χ3n) is 6.28. The molecule has 0 saturated carbocycles. The van der Waals surface area contributed by atoms with Crippen molar-refractivity contribution in [2.24, 2.45) is 4.99 Å². The van der Waals surface area contributed by atoms with Crippen molar-refractivity contribution in [1.29, 1.82) is 0 Å². The summed E-state index contributed by atoms with van der Waals surface area (Å²) in [5, 5.41) is 1.74. The van der Waals surface area contributed by atoms with Crippen molar-refractivity contribution >= 4 is 16.9 Å². The van der Waals surface area contributed by atoms with E-state index in [1.54, 1.807) is 0 Å². The number of fused-ring (bicyclic) bond motifs is 1. The lowest BCUT2D eigenvalue weighted by atomic mass is 9.96. The van der Waals surface area contributed by atoms with Crippen molar-refractivity contribution in [3.05, 3.63) is 82.9 Å². The minimum atomic E-state index is 0.0385. The van der Waals surface area contributed by atoms with E-state index in [9.17, 15) is 0 Å². The molecular weight excluding hydrogens is 388 g/mol. The van der Waals surface area contributed by atoms with Crippen LogP contribution in [-0.4, -0.2) is 31.4 Å². The summed E-state index contributed by atoms with van der Waals surface area (Å²) in [6, 6.07) is 17.5. The summed E-state index contributed by atoms with van der Waals surface area (Å²) >= 11 is 1.89. The Hall–Kier alpha value is -2.53. The SMILES string of the molecule is CCc1ccccc1-n1c(C)cc([C@@H]2[C@H](c3ccccn3)N=C3S[C@@H](C)CN32)c1C. The van der Waals surface area contributed by atoms with Crippen LogP contribution in [0, 0.1) is 13.8 Å². The van der Waals surface area contributed by atoms with Crippen molar-refractivity contribution in [2.45, 2.75) is 51.4 Å². The van der Waals surface area contributed by atoms with E-state index in [-0.39, 0.29) is 12.1 Å². The van der Waals surface area contributed by atoms with Gasteiger partial charge in [-0.05, 0) is 55.7 Å². The second-order valence-electron chi connectivity index (χ2n) is 8.28. The number of aliphatic imine (C=N–C) groups is 1. The maximum absolute atomic E-state index is 5.15. The van der Waals surface area contributed by atoms with Gasteiger partial charge in [-0.15, -0.1) is 0 Å². The molecule has 3 atom stereocenters. The largest absolute Gasteiger partial charge is 0.341 e. The second kappa shape index (κ2) is 7.62. The van der Waals surface area contributed by atoms with E-state index in [2.05, 4.69) is 84.6 Å². The van der Waals surface area contributed by atoms with Crippen molar-refractivity contribution in [3.8, 4) is 5.69 Å². The molecule has 30 heavy (non-hydrogen) atoms. The van der Waals surface area contributed by atoms with Gasteiger partial charge in [0.25, 0.3) is 0 Å². The van der Waals surface area contributed by atoms with E-state index in [4.69, 9.17) is 4.99 Å². The van der Waals surface area contributed by atoms with Crippen LogP contribution < -0.4 is 0 Å². The average molecular weight is 417 g/mol. The third kappa shape index (κ3) is 3.07. The molecule has 1 fully saturated rings. The first-order chi connectivity index (χ1) is 14.6. The van der Waals surface area contributed by atoms with Gasteiger partial charge in [-0.3, -0.25) is 9.98 Å². The summed E-state index contributed by atoms with van der Waals surface area (Å²) in [4.78, 5) is 12.3. The highest BCUT2D eigenvalue weighted by Crippen LogP contribution is 2.49. The minimum Gasteiger partial charge on any atom is -0.341 e. The average Bonchev–Trinajstić information content (AvgIpc) is 3.38. The Bertz CT molecular complexity index is 1100. The number of hydrogen-bond acceptors (Lipinski definition) is 4. The Morgan fingerprint density at radius 2 is 1.90 bits per heavy atom. The van der Waals surface area contributed by atoms with Crippen LogP contribution >= 0.6 is 11.8 Å². The second-order valence-corrected chi connectivity index (χ2v) is 9.69. The van der Waals surface area contributed by atoms with E-state index < -0.39 is 0 Å². The zero-order chi connectivity index (χ0) is 20.8. The van der Waals surface area contributed by atoms with E-state index >= 15 is 0 Å². The molecule has 1 aromatic carbocycles. The standard InChI is InChI=1S/C25H28N4S/c1-5-19-10-6-7-12-22(19)29-16(2)14-20(18(29)4)24-23(21-11-8-9-13-26-21)27-25-28(24)15-17(3)30-25/h6-14,17,23-24H,5,15H2,1-4H3/t17-,23-,24+/m0/s1. The van der Waals surface area contributed by atoms with Gasteiger partial charge >= 0.3 is 0 Å². The minimum absolute atomic E-state index is 0.0385. The molecule has 0 N–H and O–H groups in total. The molecule has 0 unspecified atom stereocenters. The molecule has 3 aromatic rings. The van der Waals surface area contributed by atoms with Gasteiger partial charge in [-0.2, -0.15) is 0 Å². The van der Waals surface area contributed by atoms with E-state index in [0.717, 1.165) is 18.7 Å². The highest BCUT2D eigenvalue weighted by Gasteiger charge is 2.44. The summed E-state index contributed by atoms with van der Waals surface area (Å²) in [7, 11) is 0. The van der Waals surface area contributed by atoms with Crippen LogP contribution in [0.5, 0.6) is 0 Å². The Kier molecular flexibility index (Phi) is 4.94. The number of hydrogen-bond donors (Lipinski definition) is 0. The van der Waals surface area contributed by atoms with Crippen LogP contribution in [0.25, 0.3) is 5.69 Å². The van der Waals surface area contributed by atoms with Crippen LogP contribution in [-0.2, 0) is 6.42 Å². The van der Waals surface area contributed by atoms with E-state index in [1.165, 1.54) is 33.4 Å².